The van der Waals surface area contributed by atoms with Gasteiger partial charge in [-0.3, -0.25) is 9.59 Å². The van der Waals surface area contributed by atoms with Crippen LogP contribution in [-0.2, 0) is 16.1 Å². The van der Waals surface area contributed by atoms with Gasteiger partial charge in [-0.25, -0.2) is 0 Å². The first-order valence-corrected chi connectivity index (χ1v) is 12.4. The Labute approximate surface area is 221 Å². The molecule has 0 bridgehead atoms. The molecule has 198 valence electrons. The Bertz CT molecular complexity index is 1360. The lowest BCUT2D eigenvalue weighted by molar-refractivity contribution is -0.140. The van der Waals surface area contributed by atoms with Crippen molar-refractivity contribution in [3.05, 3.63) is 89.0 Å². The minimum absolute atomic E-state index is 0.0228. The maximum Gasteiger partial charge on any atom is 0.295 e. The zero-order valence-corrected chi connectivity index (χ0v) is 21.8. The number of Topliss-reactive ketones (excluding diaryl/α,β-unsaturated/α-hetero) is 1. The van der Waals surface area contributed by atoms with Gasteiger partial charge in [-0.2, -0.15) is 0 Å². The van der Waals surface area contributed by atoms with E-state index >= 15 is 0 Å². The van der Waals surface area contributed by atoms with E-state index in [0.717, 1.165) is 5.56 Å². The van der Waals surface area contributed by atoms with E-state index in [4.69, 9.17) is 14.2 Å². The average molecular weight is 518 g/mol. The van der Waals surface area contributed by atoms with Gasteiger partial charge in [0.2, 0.25) is 0 Å². The summed E-state index contributed by atoms with van der Waals surface area (Å²) in [5.41, 5.74) is 1.57. The Balaban J connectivity index is 1.83. The third-order valence-electron chi connectivity index (χ3n) is 6.13. The second-order valence-corrected chi connectivity index (χ2v) is 9.13. The monoisotopic (exact) mass is 517 g/mol. The fourth-order valence-electron chi connectivity index (χ4n) is 4.45. The Morgan fingerprint density at radius 1 is 1.00 bits per heavy atom. The van der Waals surface area contributed by atoms with E-state index < -0.39 is 17.7 Å². The van der Waals surface area contributed by atoms with E-state index in [1.807, 2.05) is 19.9 Å². The van der Waals surface area contributed by atoms with Gasteiger partial charge in [0.15, 0.2) is 11.5 Å². The van der Waals surface area contributed by atoms with Crippen LogP contribution in [0.4, 0.5) is 0 Å². The van der Waals surface area contributed by atoms with Crippen molar-refractivity contribution < 1.29 is 34.0 Å². The normalized spacial score (nSPS) is 16.7. The summed E-state index contributed by atoms with van der Waals surface area (Å²) in [6, 6.07) is 17.6. The third-order valence-corrected chi connectivity index (χ3v) is 6.13. The molecule has 1 unspecified atom stereocenters. The largest absolute Gasteiger partial charge is 0.507 e. The Kier molecular flexibility index (Phi) is 7.90. The highest BCUT2D eigenvalue weighted by atomic mass is 16.5. The summed E-state index contributed by atoms with van der Waals surface area (Å²) in [7, 11) is 1.55. The van der Waals surface area contributed by atoms with Crippen LogP contribution in [-0.4, -0.2) is 46.6 Å². The minimum Gasteiger partial charge on any atom is -0.507 e. The molecule has 1 atom stereocenters. The van der Waals surface area contributed by atoms with Crippen LogP contribution in [0.3, 0.4) is 0 Å². The molecule has 1 aliphatic rings. The topological polar surface area (TPSA) is 106 Å². The van der Waals surface area contributed by atoms with Gasteiger partial charge in [0.05, 0.1) is 31.4 Å². The van der Waals surface area contributed by atoms with Crippen LogP contribution in [0.2, 0.25) is 0 Å². The van der Waals surface area contributed by atoms with Crippen molar-refractivity contribution in [2.45, 2.75) is 39.5 Å². The molecule has 8 nitrogen and oxygen atoms in total. The molecule has 8 heteroatoms. The summed E-state index contributed by atoms with van der Waals surface area (Å²) in [6.07, 6.45) is -0.0228. The third kappa shape index (κ3) is 5.44. The zero-order valence-electron chi connectivity index (χ0n) is 21.8. The number of benzene rings is 3. The lowest BCUT2D eigenvalue weighted by Crippen LogP contribution is -2.29. The number of hydrogen-bond donors (Lipinski definition) is 2. The summed E-state index contributed by atoms with van der Waals surface area (Å²) in [5.74, 6) is -0.472. The first-order chi connectivity index (χ1) is 18.2. The molecule has 4 rings (SSSR count). The van der Waals surface area contributed by atoms with Gasteiger partial charge in [-0.05, 0) is 80.4 Å². The highest BCUT2D eigenvalue weighted by Gasteiger charge is 2.46. The molecule has 0 aromatic heterocycles. The lowest BCUT2D eigenvalue weighted by Gasteiger charge is -2.26. The fraction of sp³-hybridized carbons (Fsp3) is 0.267. The van der Waals surface area contributed by atoms with E-state index in [1.165, 1.54) is 11.0 Å². The maximum atomic E-state index is 13.4. The molecule has 1 amide bonds. The number of ether oxygens (including phenoxy) is 3. The molecular formula is C30H31NO7. The van der Waals surface area contributed by atoms with E-state index in [-0.39, 0.29) is 35.5 Å². The second kappa shape index (κ2) is 11.3. The van der Waals surface area contributed by atoms with Crippen LogP contribution in [0.25, 0.3) is 5.76 Å². The molecule has 3 aromatic rings. The van der Waals surface area contributed by atoms with Crippen molar-refractivity contribution in [1.29, 1.82) is 0 Å². The number of methoxy groups -OCH3 is 1. The van der Waals surface area contributed by atoms with Crippen LogP contribution < -0.4 is 14.2 Å². The molecule has 0 aliphatic carbocycles. The van der Waals surface area contributed by atoms with Gasteiger partial charge in [-0.15, -0.1) is 0 Å². The van der Waals surface area contributed by atoms with Crippen molar-refractivity contribution in [2.75, 3.05) is 13.7 Å². The number of hydrogen-bond acceptors (Lipinski definition) is 7. The standard InChI is InChI=1S/C30H31NO7/c1-5-37-25-16-21(11-14-24(25)32)27-26(28(33)20-9-12-22(13-10-20)38-18(2)3)29(34)30(35)31(27)17-19-7-6-8-23(15-19)36-4/h6-16,18,27,32-33H,5,17H2,1-4H3/b28-26-. The van der Waals surface area contributed by atoms with Crippen LogP contribution in [0.5, 0.6) is 23.0 Å². The molecule has 0 spiro atoms. The SMILES string of the molecule is CCOc1cc(C2/C(=C(/O)c3ccc(OC(C)C)cc3)C(=O)C(=O)N2Cc2cccc(OC)c2)ccc1O. The molecule has 1 fully saturated rings. The number of nitrogens with zero attached hydrogens (tertiary/aromatic N) is 1. The smallest absolute Gasteiger partial charge is 0.295 e. The van der Waals surface area contributed by atoms with E-state index in [1.54, 1.807) is 68.6 Å². The molecule has 0 saturated carbocycles. The zero-order chi connectivity index (χ0) is 27.4. The molecule has 1 saturated heterocycles. The quantitative estimate of drug-likeness (QED) is 0.228. The van der Waals surface area contributed by atoms with Crippen LogP contribution in [0, 0.1) is 0 Å². The molecule has 3 aromatic carbocycles. The number of amides is 1. The summed E-state index contributed by atoms with van der Waals surface area (Å²) in [6.45, 7) is 6.01. The highest BCUT2D eigenvalue weighted by molar-refractivity contribution is 6.46. The number of aliphatic hydroxyl groups excluding tert-OH is 1. The second-order valence-electron chi connectivity index (χ2n) is 9.13. The van der Waals surface area contributed by atoms with Crippen LogP contribution in [0.15, 0.2) is 72.3 Å². The van der Waals surface area contributed by atoms with Crippen molar-refractivity contribution in [1.82, 2.24) is 4.90 Å². The molecular weight excluding hydrogens is 486 g/mol. The van der Waals surface area contributed by atoms with Gasteiger partial charge in [0, 0.05) is 12.1 Å². The summed E-state index contributed by atoms with van der Waals surface area (Å²) >= 11 is 0. The van der Waals surface area contributed by atoms with E-state index in [2.05, 4.69) is 0 Å². The number of aromatic hydroxyl groups is 1. The van der Waals surface area contributed by atoms with Gasteiger partial charge in [0.25, 0.3) is 11.7 Å². The number of likely N-dealkylation sites (tertiary alicyclic amines) is 1. The predicted octanol–water partition coefficient (Wildman–Crippen LogP) is 5.21. The molecule has 1 heterocycles. The molecule has 2 N–H and O–H groups in total. The fourth-order valence-corrected chi connectivity index (χ4v) is 4.45. The first kappa shape index (κ1) is 26.6. The van der Waals surface area contributed by atoms with Gasteiger partial charge < -0.3 is 29.3 Å². The van der Waals surface area contributed by atoms with E-state index in [0.29, 0.717) is 29.2 Å². The van der Waals surface area contributed by atoms with Gasteiger partial charge in [-0.1, -0.05) is 18.2 Å². The number of ketones is 1. The maximum absolute atomic E-state index is 13.4. The summed E-state index contributed by atoms with van der Waals surface area (Å²) in [5, 5.41) is 21.6. The first-order valence-electron chi connectivity index (χ1n) is 12.4. The van der Waals surface area contributed by atoms with E-state index in [9.17, 15) is 19.8 Å². The number of carbonyl (C=O) groups is 2. The van der Waals surface area contributed by atoms with Gasteiger partial charge >= 0.3 is 0 Å². The molecule has 38 heavy (non-hydrogen) atoms. The van der Waals surface area contributed by atoms with Crippen molar-refractivity contribution >= 4 is 17.4 Å². The number of phenols is 1. The Hall–Kier alpha value is -4.46. The van der Waals surface area contributed by atoms with Crippen molar-refractivity contribution in [3.8, 4) is 23.0 Å². The number of aliphatic hydroxyl groups is 1. The summed E-state index contributed by atoms with van der Waals surface area (Å²) in [4.78, 5) is 28.1. The van der Waals surface area contributed by atoms with Crippen LogP contribution in [0.1, 0.15) is 43.5 Å². The van der Waals surface area contributed by atoms with Gasteiger partial charge in [0.1, 0.15) is 17.3 Å². The van der Waals surface area contributed by atoms with Crippen LogP contribution >= 0.6 is 0 Å². The Morgan fingerprint density at radius 2 is 1.74 bits per heavy atom. The Morgan fingerprint density at radius 3 is 2.39 bits per heavy atom. The number of rotatable bonds is 9. The highest BCUT2D eigenvalue weighted by Crippen LogP contribution is 2.42. The minimum atomic E-state index is -0.924. The van der Waals surface area contributed by atoms with Crippen molar-refractivity contribution in [3.63, 3.8) is 0 Å². The predicted molar refractivity (Wildman–Crippen MR) is 142 cm³/mol. The average Bonchev–Trinajstić information content (AvgIpc) is 3.15. The number of carbonyl (C=O) groups excluding carboxylic acids is 2. The lowest BCUT2D eigenvalue weighted by atomic mass is 9.94. The molecule has 0 radical (unpaired) electrons. The molecule has 1 aliphatic heterocycles. The summed E-state index contributed by atoms with van der Waals surface area (Å²) < 4.78 is 16.5. The number of phenolic OH excluding ortho intramolecular Hbond substituents is 1. The van der Waals surface area contributed by atoms with Crippen molar-refractivity contribution in [2.24, 2.45) is 0 Å².